The summed E-state index contributed by atoms with van der Waals surface area (Å²) in [6.45, 7) is -0.233. The highest BCUT2D eigenvalue weighted by atomic mass is 35.5. The average molecular weight is 332 g/mol. The van der Waals surface area contributed by atoms with Crippen molar-refractivity contribution < 1.29 is 19.4 Å². The summed E-state index contributed by atoms with van der Waals surface area (Å²) in [6, 6.07) is 4.38. The van der Waals surface area contributed by atoms with E-state index in [1.807, 2.05) is 0 Å². The smallest absolute Gasteiger partial charge is 0.305 e. The van der Waals surface area contributed by atoms with E-state index in [1.54, 1.807) is 12.1 Å². The van der Waals surface area contributed by atoms with Crippen LogP contribution in [0.5, 0.6) is 5.75 Å². The van der Waals surface area contributed by atoms with Crippen LogP contribution in [0.1, 0.15) is 19.3 Å². The standard InChI is InChI=1S/C14H15Cl2NO4/c15-9-3-4-10(16)12(5-9)21-7-13(18)17-11(6-14(19)20)8-1-2-8/h3-5,8,11H,1-2,6-7H2,(H,17,18)(H,19,20). The Balaban J connectivity index is 1.86. The maximum Gasteiger partial charge on any atom is 0.305 e. The van der Waals surface area contributed by atoms with Gasteiger partial charge in [-0.3, -0.25) is 9.59 Å². The molecule has 0 heterocycles. The Bertz CT molecular complexity index is 546. The molecule has 5 nitrogen and oxygen atoms in total. The number of halogens is 2. The molecule has 0 saturated heterocycles. The fourth-order valence-electron chi connectivity index (χ4n) is 2.00. The number of carbonyl (C=O) groups excluding carboxylic acids is 1. The zero-order chi connectivity index (χ0) is 15.4. The van der Waals surface area contributed by atoms with Crippen LogP contribution in [0.2, 0.25) is 10.0 Å². The van der Waals surface area contributed by atoms with Crippen molar-refractivity contribution in [1.29, 1.82) is 0 Å². The van der Waals surface area contributed by atoms with E-state index in [9.17, 15) is 9.59 Å². The number of hydrogen-bond acceptors (Lipinski definition) is 3. The van der Waals surface area contributed by atoms with Gasteiger partial charge in [-0.25, -0.2) is 0 Å². The van der Waals surface area contributed by atoms with Gasteiger partial charge in [0, 0.05) is 17.1 Å². The summed E-state index contributed by atoms with van der Waals surface area (Å²) in [7, 11) is 0. The van der Waals surface area contributed by atoms with Crippen LogP contribution in [0, 0.1) is 5.92 Å². The van der Waals surface area contributed by atoms with E-state index in [-0.39, 0.29) is 30.9 Å². The molecule has 2 N–H and O–H groups in total. The minimum atomic E-state index is -0.925. The van der Waals surface area contributed by atoms with E-state index >= 15 is 0 Å². The van der Waals surface area contributed by atoms with Gasteiger partial charge in [-0.2, -0.15) is 0 Å². The highest BCUT2D eigenvalue weighted by Gasteiger charge is 2.33. The van der Waals surface area contributed by atoms with Crippen molar-refractivity contribution in [2.24, 2.45) is 5.92 Å². The number of ether oxygens (including phenoxy) is 1. The van der Waals surface area contributed by atoms with Gasteiger partial charge < -0.3 is 15.2 Å². The first-order chi connectivity index (χ1) is 9.95. The van der Waals surface area contributed by atoms with E-state index in [4.69, 9.17) is 33.0 Å². The van der Waals surface area contributed by atoms with Gasteiger partial charge in [-0.05, 0) is 30.9 Å². The molecule has 7 heteroatoms. The number of carbonyl (C=O) groups is 2. The number of aliphatic carboxylic acids is 1. The zero-order valence-corrected chi connectivity index (χ0v) is 12.7. The van der Waals surface area contributed by atoms with Crippen LogP contribution < -0.4 is 10.1 Å². The highest BCUT2D eigenvalue weighted by Crippen LogP contribution is 2.34. The Morgan fingerprint density at radius 1 is 1.38 bits per heavy atom. The predicted molar refractivity (Wildman–Crippen MR) is 78.9 cm³/mol. The van der Waals surface area contributed by atoms with Crippen LogP contribution in [-0.4, -0.2) is 29.6 Å². The minimum Gasteiger partial charge on any atom is -0.482 e. The van der Waals surface area contributed by atoms with E-state index in [1.165, 1.54) is 6.07 Å². The van der Waals surface area contributed by atoms with Crippen LogP contribution in [0.25, 0.3) is 0 Å². The second kappa shape index (κ2) is 7.00. The Morgan fingerprint density at radius 3 is 2.71 bits per heavy atom. The SMILES string of the molecule is O=C(O)CC(NC(=O)COc1cc(Cl)ccc1Cl)C1CC1. The Hall–Kier alpha value is -1.46. The van der Waals surface area contributed by atoms with E-state index < -0.39 is 5.97 Å². The van der Waals surface area contributed by atoms with Crippen molar-refractivity contribution in [2.45, 2.75) is 25.3 Å². The summed E-state index contributed by atoms with van der Waals surface area (Å²) >= 11 is 11.7. The van der Waals surface area contributed by atoms with Gasteiger partial charge in [0.25, 0.3) is 5.91 Å². The normalized spacial score (nSPS) is 15.3. The average Bonchev–Trinajstić information content (AvgIpc) is 3.23. The number of hydrogen-bond donors (Lipinski definition) is 2. The monoisotopic (exact) mass is 331 g/mol. The largest absolute Gasteiger partial charge is 0.482 e. The Labute approximate surface area is 132 Å². The molecule has 1 aromatic carbocycles. The molecule has 2 rings (SSSR count). The second-order valence-corrected chi connectivity index (χ2v) is 5.82. The van der Waals surface area contributed by atoms with Crippen molar-refractivity contribution in [3.63, 3.8) is 0 Å². The first-order valence-electron chi connectivity index (χ1n) is 6.54. The first-order valence-corrected chi connectivity index (χ1v) is 7.30. The summed E-state index contributed by atoms with van der Waals surface area (Å²) in [6.07, 6.45) is 1.81. The summed E-state index contributed by atoms with van der Waals surface area (Å²) < 4.78 is 5.31. The molecule has 1 fully saturated rings. The van der Waals surface area contributed by atoms with E-state index in [0.717, 1.165) is 12.8 Å². The predicted octanol–water partition coefficient (Wildman–Crippen LogP) is 2.74. The lowest BCUT2D eigenvalue weighted by molar-refractivity contribution is -0.138. The van der Waals surface area contributed by atoms with Gasteiger partial charge in [0.05, 0.1) is 11.4 Å². The molecule has 0 spiro atoms. The lowest BCUT2D eigenvalue weighted by Gasteiger charge is -2.16. The third-order valence-electron chi connectivity index (χ3n) is 3.18. The van der Waals surface area contributed by atoms with Crippen molar-refractivity contribution in [3.8, 4) is 5.75 Å². The molecule has 21 heavy (non-hydrogen) atoms. The molecule has 0 bridgehead atoms. The third kappa shape index (κ3) is 5.10. The maximum atomic E-state index is 11.8. The number of nitrogens with one attached hydrogen (secondary N) is 1. The van der Waals surface area contributed by atoms with Crippen molar-refractivity contribution in [1.82, 2.24) is 5.32 Å². The van der Waals surface area contributed by atoms with Gasteiger partial charge >= 0.3 is 5.97 Å². The highest BCUT2D eigenvalue weighted by molar-refractivity contribution is 6.34. The topological polar surface area (TPSA) is 75.6 Å². The first kappa shape index (κ1) is 15.9. The molecular weight excluding hydrogens is 317 g/mol. The molecule has 0 radical (unpaired) electrons. The maximum absolute atomic E-state index is 11.8. The minimum absolute atomic E-state index is 0.0751. The molecule has 0 aromatic heterocycles. The van der Waals surface area contributed by atoms with Gasteiger partial charge in [-0.1, -0.05) is 23.2 Å². The molecule has 1 aromatic rings. The number of amides is 1. The number of carboxylic acids is 1. The lowest BCUT2D eigenvalue weighted by atomic mass is 10.1. The van der Waals surface area contributed by atoms with E-state index in [2.05, 4.69) is 5.32 Å². The van der Waals surface area contributed by atoms with Gasteiger partial charge in [0.1, 0.15) is 5.75 Å². The number of rotatable bonds is 7. The summed E-state index contributed by atoms with van der Waals surface area (Å²) in [5.41, 5.74) is 0. The van der Waals surface area contributed by atoms with Crippen LogP contribution in [0.3, 0.4) is 0 Å². The molecule has 1 atom stereocenters. The molecule has 0 aliphatic heterocycles. The molecule has 1 aliphatic rings. The molecule has 1 aliphatic carbocycles. The summed E-state index contributed by atoms with van der Waals surface area (Å²) in [5, 5.41) is 12.3. The van der Waals surface area contributed by atoms with Crippen LogP contribution in [0.15, 0.2) is 18.2 Å². The third-order valence-corrected chi connectivity index (χ3v) is 3.73. The van der Waals surface area contributed by atoms with Gasteiger partial charge in [-0.15, -0.1) is 0 Å². The Morgan fingerprint density at radius 2 is 2.10 bits per heavy atom. The van der Waals surface area contributed by atoms with Crippen LogP contribution in [0.4, 0.5) is 0 Å². The fourth-order valence-corrected chi connectivity index (χ4v) is 2.34. The number of carboxylic acid groups (broad SMARTS) is 1. The molecule has 114 valence electrons. The van der Waals surface area contributed by atoms with Crippen molar-refractivity contribution in [2.75, 3.05) is 6.61 Å². The quantitative estimate of drug-likeness (QED) is 0.805. The summed E-state index contributed by atoms with van der Waals surface area (Å²) in [4.78, 5) is 22.6. The van der Waals surface area contributed by atoms with Crippen LogP contribution in [-0.2, 0) is 9.59 Å². The van der Waals surface area contributed by atoms with E-state index in [0.29, 0.717) is 15.8 Å². The number of benzene rings is 1. The molecule has 1 saturated carbocycles. The lowest BCUT2D eigenvalue weighted by Crippen LogP contribution is -2.40. The zero-order valence-electron chi connectivity index (χ0n) is 11.1. The van der Waals surface area contributed by atoms with Gasteiger partial charge in [0.15, 0.2) is 6.61 Å². The molecular formula is C14H15Cl2NO4. The van der Waals surface area contributed by atoms with Crippen LogP contribution >= 0.6 is 23.2 Å². The Kier molecular flexibility index (Phi) is 5.31. The fraction of sp³-hybridized carbons (Fsp3) is 0.429. The summed E-state index contributed by atoms with van der Waals surface area (Å²) in [5.74, 6) is -0.726. The van der Waals surface area contributed by atoms with Gasteiger partial charge in [0.2, 0.25) is 0 Å². The molecule has 1 amide bonds. The van der Waals surface area contributed by atoms with Crippen molar-refractivity contribution in [3.05, 3.63) is 28.2 Å². The molecule has 1 unspecified atom stereocenters. The second-order valence-electron chi connectivity index (χ2n) is 4.97. The van der Waals surface area contributed by atoms with Crippen molar-refractivity contribution >= 4 is 35.1 Å².